The Bertz CT molecular complexity index is 433. The van der Waals surface area contributed by atoms with Crippen molar-refractivity contribution in [3.8, 4) is 0 Å². The predicted octanol–water partition coefficient (Wildman–Crippen LogP) is 1.59. The van der Waals surface area contributed by atoms with Gasteiger partial charge in [-0.2, -0.15) is 5.10 Å². The molecule has 0 spiro atoms. The van der Waals surface area contributed by atoms with Crippen molar-refractivity contribution >= 4 is 17.1 Å². The first-order chi connectivity index (χ1) is 6.75. The van der Waals surface area contributed by atoms with Crippen molar-refractivity contribution in [3.05, 3.63) is 34.5 Å². The van der Waals surface area contributed by atoms with Gasteiger partial charge in [0, 0.05) is 30.4 Å². The van der Waals surface area contributed by atoms with Gasteiger partial charge in [-0.3, -0.25) is 9.48 Å². The van der Waals surface area contributed by atoms with Gasteiger partial charge in [-0.25, -0.2) is 4.98 Å². The van der Waals surface area contributed by atoms with Crippen LogP contribution in [0.2, 0.25) is 0 Å². The van der Waals surface area contributed by atoms with Crippen LogP contribution in [0.4, 0.5) is 0 Å². The van der Waals surface area contributed by atoms with Gasteiger partial charge in [0.2, 0.25) is 0 Å². The smallest absolute Gasteiger partial charge is 0.188 e. The Morgan fingerprint density at radius 2 is 2.50 bits per heavy atom. The maximum absolute atomic E-state index is 11.0. The highest BCUT2D eigenvalue weighted by atomic mass is 32.1. The fourth-order valence-corrected chi connectivity index (χ4v) is 1.90. The van der Waals surface area contributed by atoms with Gasteiger partial charge in [-0.1, -0.05) is 0 Å². The number of carbonyl (C=O) groups excluding carboxylic acids is 1. The van der Waals surface area contributed by atoms with Crippen LogP contribution in [0.5, 0.6) is 0 Å². The third kappa shape index (κ3) is 1.88. The van der Waals surface area contributed by atoms with Crippen molar-refractivity contribution in [1.29, 1.82) is 0 Å². The normalized spacial score (nSPS) is 10.4. The molecule has 0 fully saturated rings. The van der Waals surface area contributed by atoms with E-state index in [1.807, 2.05) is 12.3 Å². The van der Waals surface area contributed by atoms with E-state index in [-0.39, 0.29) is 5.78 Å². The Balaban J connectivity index is 2.14. The Kier molecular flexibility index (Phi) is 2.41. The second kappa shape index (κ2) is 3.71. The number of Topliss-reactive ketones (excluding diaryl/α,β-unsaturated/α-hetero) is 1. The molecule has 0 aromatic carbocycles. The first-order valence-corrected chi connectivity index (χ1v) is 5.00. The van der Waals surface area contributed by atoms with Crippen LogP contribution in [0.3, 0.4) is 0 Å². The third-order valence-corrected chi connectivity index (χ3v) is 2.81. The molecule has 0 saturated heterocycles. The summed E-state index contributed by atoms with van der Waals surface area (Å²) in [5.74, 6) is 0.0155. The minimum Gasteiger partial charge on any atom is -0.292 e. The van der Waals surface area contributed by atoms with Gasteiger partial charge in [0.25, 0.3) is 0 Å². The summed E-state index contributed by atoms with van der Waals surface area (Å²) in [6.45, 7) is 2.20. The van der Waals surface area contributed by atoms with Crippen LogP contribution < -0.4 is 0 Å². The molecule has 0 amide bonds. The lowest BCUT2D eigenvalue weighted by Gasteiger charge is -1.95. The van der Waals surface area contributed by atoms with Crippen molar-refractivity contribution in [2.75, 3.05) is 0 Å². The van der Waals surface area contributed by atoms with E-state index in [9.17, 15) is 4.79 Å². The van der Waals surface area contributed by atoms with Gasteiger partial charge in [0.05, 0.1) is 6.54 Å². The van der Waals surface area contributed by atoms with E-state index in [2.05, 4.69) is 10.1 Å². The molecule has 0 aliphatic heterocycles. The van der Waals surface area contributed by atoms with E-state index in [0.29, 0.717) is 11.6 Å². The average Bonchev–Trinajstić information content (AvgIpc) is 2.75. The molecule has 14 heavy (non-hydrogen) atoms. The molecule has 4 nitrogen and oxygen atoms in total. The molecule has 2 heterocycles. The van der Waals surface area contributed by atoms with E-state index in [4.69, 9.17) is 0 Å². The fourth-order valence-electron chi connectivity index (χ4n) is 1.10. The predicted molar refractivity (Wildman–Crippen MR) is 53.4 cm³/mol. The lowest BCUT2D eigenvalue weighted by molar-refractivity contribution is 0.101. The fraction of sp³-hybridized carbons (Fsp3) is 0.222. The standard InChI is InChI=1S/C9H9N3OS/c1-7(13)9-10-5-8(14-9)6-12-4-2-3-11-12/h2-5H,6H2,1H3. The Hall–Kier alpha value is -1.49. The van der Waals surface area contributed by atoms with Crippen molar-refractivity contribution in [3.63, 3.8) is 0 Å². The molecule has 2 aromatic rings. The first-order valence-electron chi connectivity index (χ1n) is 4.19. The summed E-state index contributed by atoms with van der Waals surface area (Å²) < 4.78 is 1.80. The lowest BCUT2D eigenvalue weighted by Crippen LogP contribution is -1.97. The van der Waals surface area contributed by atoms with Crippen LogP contribution in [-0.4, -0.2) is 20.5 Å². The zero-order valence-corrected chi connectivity index (χ0v) is 8.49. The van der Waals surface area contributed by atoms with Gasteiger partial charge in [0.15, 0.2) is 10.8 Å². The van der Waals surface area contributed by atoms with Crippen LogP contribution in [0.15, 0.2) is 24.7 Å². The molecule has 0 aliphatic carbocycles. The second-order valence-corrected chi connectivity index (χ2v) is 4.01. The number of rotatable bonds is 3. The Morgan fingerprint density at radius 3 is 3.07 bits per heavy atom. The molecule has 0 N–H and O–H groups in total. The van der Waals surface area contributed by atoms with E-state index in [1.165, 1.54) is 18.3 Å². The molecule has 2 rings (SSSR count). The number of carbonyl (C=O) groups is 1. The lowest BCUT2D eigenvalue weighted by atomic mass is 10.5. The maximum atomic E-state index is 11.0. The molecule has 0 atom stereocenters. The topological polar surface area (TPSA) is 47.8 Å². The minimum absolute atomic E-state index is 0.0155. The quantitative estimate of drug-likeness (QED) is 0.718. The highest BCUT2D eigenvalue weighted by Gasteiger charge is 2.06. The van der Waals surface area contributed by atoms with Crippen LogP contribution in [0, 0.1) is 0 Å². The molecule has 0 saturated carbocycles. The van der Waals surface area contributed by atoms with Gasteiger partial charge in [0.1, 0.15) is 0 Å². The molecule has 0 bridgehead atoms. The summed E-state index contributed by atoms with van der Waals surface area (Å²) in [4.78, 5) is 16.1. The molecule has 0 aliphatic rings. The molecule has 5 heteroatoms. The van der Waals surface area contributed by atoms with Crippen LogP contribution in [0.1, 0.15) is 21.6 Å². The van der Waals surface area contributed by atoms with Gasteiger partial charge >= 0.3 is 0 Å². The molecular formula is C9H9N3OS. The van der Waals surface area contributed by atoms with E-state index in [0.717, 1.165) is 4.88 Å². The van der Waals surface area contributed by atoms with Crippen molar-refractivity contribution in [2.45, 2.75) is 13.5 Å². The number of nitrogens with zero attached hydrogens (tertiary/aromatic N) is 3. The summed E-state index contributed by atoms with van der Waals surface area (Å²) in [5.41, 5.74) is 0. The van der Waals surface area contributed by atoms with Crippen LogP contribution in [-0.2, 0) is 6.54 Å². The van der Waals surface area contributed by atoms with Crippen molar-refractivity contribution < 1.29 is 4.79 Å². The second-order valence-electron chi connectivity index (χ2n) is 2.89. The third-order valence-electron chi connectivity index (χ3n) is 1.73. The molecule has 0 unspecified atom stereocenters. The number of aromatic nitrogens is 3. The number of hydrogen-bond acceptors (Lipinski definition) is 4. The zero-order chi connectivity index (χ0) is 9.97. The highest BCUT2D eigenvalue weighted by molar-refractivity contribution is 7.13. The summed E-state index contributed by atoms with van der Waals surface area (Å²) in [7, 11) is 0. The van der Waals surface area contributed by atoms with E-state index >= 15 is 0 Å². The Labute approximate surface area is 85.2 Å². The summed E-state index contributed by atoms with van der Waals surface area (Å²) >= 11 is 1.42. The van der Waals surface area contributed by atoms with E-state index < -0.39 is 0 Å². The summed E-state index contributed by atoms with van der Waals surface area (Å²) in [6.07, 6.45) is 5.34. The van der Waals surface area contributed by atoms with Gasteiger partial charge in [-0.05, 0) is 6.07 Å². The maximum Gasteiger partial charge on any atom is 0.188 e. The largest absolute Gasteiger partial charge is 0.292 e. The average molecular weight is 207 g/mol. The molecule has 2 aromatic heterocycles. The van der Waals surface area contributed by atoms with E-state index in [1.54, 1.807) is 17.1 Å². The van der Waals surface area contributed by atoms with Crippen LogP contribution >= 0.6 is 11.3 Å². The van der Waals surface area contributed by atoms with Crippen LogP contribution in [0.25, 0.3) is 0 Å². The SMILES string of the molecule is CC(=O)c1ncc(Cn2cccn2)s1. The van der Waals surface area contributed by atoms with Gasteiger partial charge in [-0.15, -0.1) is 11.3 Å². The molecular weight excluding hydrogens is 198 g/mol. The minimum atomic E-state index is 0.0155. The number of hydrogen-bond donors (Lipinski definition) is 0. The molecule has 0 radical (unpaired) electrons. The van der Waals surface area contributed by atoms with Crippen molar-refractivity contribution in [1.82, 2.24) is 14.8 Å². The number of ketones is 1. The summed E-state index contributed by atoms with van der Waals surface area (Å²) in [6, 6.07) is 1.87. The Morgan fingerprint density at radius 1 is 1.64 bits per heavy atom. The van der Waals surface area contributed by atoms with Gasteiger partial charge < -0.3 is 0 Å². The first kappa shape index (κ1) is 9.08. The number of thiazole rings is 1. The zero-order valence-electron chi connectivity index (χ0n) is 7.67. The van der Waals surface area contributed by atoms with Crippen molar-refractivity contribution in [2.24, 2.45) is 0 Å². The monoisotopic (exact) mass is 207 g/mol. The highest BCUT2D eigenvalue weighted by Crippen LogP contribution is 2.14. The molecule has 72 valence electrons. The summed E-state index contributed by atoms with van der Waals surface area (Å²) in [5, 5.41) is 4.64.